The minimum absolute atomic E-state index is 0.129. The van der Waals surface area contributed by atoms with Crippen LogP contribution in [0.3, 0.4) is 0 Å². The number of halogens is 1. The summed E-state index contributed by atoms with van der Waals surface area (Å²) in [5.41, 5.74) is 3.00. The number of carbonyl (C=O) groups excluding carboxylic acids is 1. The van der Waals surface area contributed by atoms with Crippen molar-refractivity contribution in [3.8, 4) is 0 Å². The lowest BCUT2D eigenvalue weighted by atomic mass is 9.87. The van der Waals surface area contributed by atoms with Crippen LogP contribution in [0, 0.1) is 0 Å². The van der Waals surface area contributed by atoms with Gasteiger partial charge in [0.05, 0.1) is 10.7 Å². The van der Waals surface area contributed by atoms with Crippen molar-refractivity contribution in [1.29, 1.82) is 0 Å². The Morgan fingerprint density at radius 1 is 1.05 bits per heavy atom. The van der Waals surface area contributed by atoms with Gasteiger partial charge in [-0.3, -0.25) is 4.79 Å². The van der Waals surface area contributed by atoms with E-state index in [2.05, 4.69) is 38.2 Å². The minimum atomic E-state index is -0.201. The molecule has 2 aromatic rings. The Morgan fingerprint density at radius 3 is 2.27 bits per heavy atom. The lowest BCUT2D eigenvalue weighted by Crippen LogP contribution is -2.10. The summed E-state index contributed by atoms with van der Waals surface area (Å²) in [4.78, 5) is 11.9. The topological polar surface area (TPSA) is 29.1 Å². The Morgan fingerprint density at radius 2 is 1.68 bits per heavy atom. The summed E-state index contributed by atoms with van der Waals surface area (Å²) in [6, 6.07) is 15.4. The standard InChI is InChI=1S/C19H20ClNO/c1-19(2,3)15-11-8-14(9-12-15)10-13-18(22)21-17-7-5-4-6-16(17)20/h4-13H,1-3H3,(H,21,22)/b13-10+. The molecule has 22 heavy (non-hydrogen) atoms. The normalized spacial score (nSPS) is 11.6. The van der Waals surface area contributed by atoms with Crippen LogP contribution in [0.2, 0.25) is 5.02 Å². The van der Waals surface area contributed by atoms with Gasteiger partial charge in [0.1, 0.15) is 0 Å². The first-order valence-corrected chi connectivity index (χ1v) is 7.58. The summed E-state index contributed by atoms with van der Waals surface area (Å²) < 4.78 is 0. The van der Waals surface area contributed by atoms with E-state index in [-0.39, 0.29) is 11.3 Å². The van der Waals surface area contributed by atoms with E-state index < -0.39 is 0 Å². The molecule has 1 amide bonds. The fourth-order valence-electron chi connectivity index (χ4n) is 2.00. The highest BCUT2D eigenvalue weighted by atomic mass is 35.5. The third kappa shape index (κ3) is 4.47. The second-order valence-electron chi connectivity index (χ2n) is 6.17. The number of carbonyl (C=O) groups is 1. The maximum Gasteiger partial charge on any atom is 0.248 e. The van der Waals surface area contributed by atoms with E-state index in [0.717, 1.165) is 5.56 Å². The lowest BCUT2D eigenvalue weighted by molar-refractivity contribution is -0.111. The third-order valence-corrected chi connectivity index (χ3v) is 3.67. The molecule has 2 rings (SSSR count). The number of anilines is 1. The first-order valence-electron chi connectivity index (χ1n) is 7.20. The molecule has 0 radical (unpaired) electrons. The molecule has 2 nitrogen and oxygen atoms in total. The van der Waals surface area contributed by atoms with Crippen LogP contribution < -0.4 is 5.32 Å². The van der Waals surface area contributed by atoms with E-state index in [9.17, 15) is 4.79 Å². The monoisotopic (exact) mass is 313 g/mol. The molecule has 2 aromatic carbocycles. The van der Waals surface area contributed by atoms with E-state index in [1.807, 2.05) is 24.3 Å². The molecule has 0 aromatic heterocycles. The van der Waals surface area contributed by atoms with E-state index in [1.54, 1.807) is 18.2 Å². The first kappa shape index (κ1) is 16.3. The molecule has 114 valence electrons. The predicted octanol–water partition coefficient (Wildman–Crippen LogP) is 5.29. The van der Waals surface area contributed by atoms with Gasteiger partial charge in [-0.25, -0.2) is 0 Å². The molecular weight excluding hydrogens is 294 g/mol. The molecule has 3 heteroatoms. The Hall–Kier alpha value is -2.06. The van der Waals surface area contributed by atoms with Crippen LogP contribution in [0.15, 0.2) is 54.6 Å². The number of amides is 1. The van der Waals surface area contributed by atoms with Gasteiger partial charge in [0, 0.05) is 6.08 Å². The highest BCUT2D eigenvalue weighted by Gasteiger charge is 2.12. The van der Waals surface area contributed by atoms with Gasteiger partial charge in [0.25, 0.3) is 0 Å². The summed E-state index contributed by atoms with van der Waals surface area (Å²) in [5, 5.41) is 3.29. The number of rotatable bonds is 3. The van der Waals surface area contributed by atoms with Gasteiger partial charge >= 0.3 is 0 Å². The quantitative estimate of drug-likeness (QED) is 0.766. The van der Waals surface area contributed by atoms with Crippen LogP contribution in [0.4, 0.5) is 5.69 Å². The zero-order valence-electron chi connectivity index (χ0n) is 13.1. The second-order valence-corrected chi connectivity index (χ2v) is 6.58. The Kier molecular flexibility index (Phi) is 5.04. The van der Waals surface area contributed by atoms with E-state index >= 15 is 0 Å². The fourth-order valence-corrected chi connectivity index (χ4v) is 2.19. The fraction of sp³-hybridized carbons (Fsp3) is 0.211. The van der Waals surface area contributed by atoms with Crippen molar-refractivity contribution in [2.75, 3.05) is 5.32 Å². The Labute approximate surface area is 136 Å². The molecule has 0 fully saturated rings. The van der Waals surface area contributed by atoms with Crippen molar-refractivity contribution in [2.24, 2.45) is 0 Å². The zero-order chi connectivity index (χ0) is 16.2. The van der Waals surface area contributed by atoms with E-state index in [0.29, 0.717) is 10.7 Å². The largest absolute Gasteiger partial charge is 0.321 e. The van der Waals surface area contributed by atoms with Crippen molar-refractivity contribution in [3.05, 3.63) is 70.8 Å². The average Bonchev–Trinajstić information content (AvgIpc) is 2.47. The van der Waals surface area contributed by atoms with Gasteiger partial charge in [-0.15, -0.1) is 0 Å². The van der Waals surface area contributed by atoms with Crippen LogP contribution in [-0.2, 0) is 10.2 Å². The Bertz CT molecular complexity index is 681. The highest BCUT2D eigenvalue weighted by Crippen LogP contribution is 2.23. The number of benzene rings is 2. The molecular formula is C19H20ClNO. The molecule has 0 heterocycles. The van der Waals surface area contributed by atoms with Crippen molar-refractivity contribution in [2.45, 2.75) is 26.2 Å². The molecule has 0 aliphatic carbocycles. The van der Waals surface area contributed by atoms with Gasteiger partial charge in [0.15, 0.2) is 0 Å². The molecule has 1 N–H and O–H groups in total. The lowest BCUT2D eigenvalue weighted by Gasteiger charge is -2.18. The number of hydrogen-bond acceptors (Lipinski definition) is 1. The summed E-state index contributed by atoms with van der Waals surface area (Å²) in [7, 11) is 0. The molecule has 0 saturated heterocycles. The molecule has 0 spiro atoms. The number of nitrogens with one attached hydrogen (secondary N) is 1. The van der Waals surface area contributed by atoms with Crippen molar-refractivity contribution in [3.63, 3.8) is 0 Å². The maximum absolute atomic E-state index is 11.9. The molecule has 0 aliphatic heterocycles. The molecule has 0 atom stereocenters. The van der Waals surface area contributed by atoms with Gasteiger partial charge < -0.3 is 5.32 Å². The van der Waals surface area contributed by atoms with Gasteiger partial charge in [-0.1, -0.05) is 68.8 Å². The Balaban J connectivity index is 2.02. The zero-order valence-corrected chi connectivity index (χ0v) is 13.8. The summed E-state index contributed by atoms with van der Waals surface area (Å²) in [6.07, 6.45) is 3.30. The van der Waals surface area contributed by atoms with Crippen molar-refractivity contribution in [1.82, 2.24) is 0 Å². The maximum atomic E-state index is 11.9. The van der Waals surface area contributed by atoms with Crippen LogP contribution in [0.5, 0.6) is 0 Å². The molecule has 0 aliphatic rings. The van der Waals surface area contributed by atoms with Crippen LogP contribution in [0.1, 0.15) is 31.9 Å². The molecule has 0 bridgehead atoms. The van der Waals surface area contributed by atoms with Crippen molar-refractivity contribution < 1.29 is 4.79 Å². The van der Waals surface area contributed by atoms with Crippen LogP contribution >= 0.6 is 11.6 Å². The van der Waals surface area contributed by atoms with Crippen molar-refractivity contribution >= 4 is 29.3 Å². The third-order valence-electron chi connectivity index (χ3n) is 3.34. The number of hydrogen-bond donors (Lipinski definition) is 1. The van der Waals surface area contributed by atoms with Crippen LogP contribution in [0.25, 0.3) is 6.08 Å². The van der Waals surface area contributed by atoms with Gasteiger partial charge in [-0.05, 0) is 34.8 Å². The summed E-state index contributed by atoms with van der Waals surface area (Å²) in [6.45, 7) is 6.53. The van der Waals surface area contributed by atoms with Gasteiger partial charge in [-0.2, -0.15) is 0 Å². The first-order chi connectivity index (χ1) is 10.4. The SMILES string of the molecule is CC(C)(C)c1ccc(/C=C/C(=O)Nc2ccccc2Cl)cc1. The summed E-state index contributed by atoms with van der Waals surface area (Å²) >= 11 is 6.01. The van der Waals surface area contributed by atoms with E-state index in [4.69, 9.17) is 11.6 Å². The average molecular weight is 314 g/mol. The molecule has 0 saturated carbocycles. The molecule has 0 unspecified atom stereocenters. The smallest absolute Gasteiger partial charge is 0.248 e. The van der Waals surface area contributed by atoms with Gasteiger partial charge in [0.2, 0.25) is 5.91 Å². The minimum Gasteiger partial charge on any atom is -0.321 e. The second kappa shape index (κ2) is 6.80. The summed E-state index contributed by atoms with van der Waals surface area (Å²) in [5.74, 6) is -0.201. The number of para-hydroxylation sites is 1. The predicted molar refractivity (Wildman–Crippen MR) is 94.3 cm³/mol. The van der Waals surface area contributed by atoms with E-state index in [1.165, 1.54) is 11.6 Å². The van der Waals surface area contributed by atoms with Crippen LogP contribution in [-0.4, -0.2) is 5.91 Å². The highest BCUT2D eigenvalue weighted by molar-refractivity contribution is 6.33.